The van der Waals surface area contributed by atoms with Crippen LogP contribution in [0.25, 0.3) is 0 Å². The van der Waals surface area contributed by atoms with E-state index in [9.17, 15) is 9.59 Å². The molecule has 2 amide bonds. The van der Waals surface area contributed by atoms with E-state index in [1.807, 2.05) is 36.4 Å². The Morgan fingerprint density at radius 3 is 2.76 bits per heavy atom. The monoisotopic (exact) mass is 408 g/mol. The molecule has 1 aliphatic heterocycles. The highest BCUT2D eigenvalue weighted by atomic mass is 32.2. The molecule has 29 heavy (non-hydrogen) atoms. The molecule has 2 heterocycles. The van der Waals surface area contributed by atoms with Gasteiger partial charge in [0.05, 0.1) is 17.1 Å². The maximum atomic E-state index is 12.7. The fraction of sp³-hybridized carbons (Fsp3) is 0.238. The summed E-state index contributed by atoms with van der Waals surface area (Å²) in [6.07, 6.45) is 0.630. The zero-order chi connectivity index (χ0) is 20.2. The first-order valence-electron chi connectivity index (χ1n) is 9.29. The number of anilines is 2. The van der Waals surface area contributed by atoms with Gasteiger partial charge in [0, 0.05) is 6.42 Å². The second-order valence-electron chi connectivity index (χ2n) is 6.81. The number of nitrogens with zero attached hydrogens (tertiary/aromatic N) is 3. The maximum absolute atomic E-state index is 12.7. The van der Waals surface area contributed by atoms with Crippen molar-refractivity contribution in [3.63, 3.8) is 0 Å². The highest BCUT2D eigenvalue weighted by Gasteiger charge is 2.27. The van der Waals surface area contributed by atoms with E-state index in [4.69, 9.17) is 4.42 Å². The number of nitrogens with one attached hydrogen (secondary N) is 1. The molecular formula is C21H20N4O3S. The third kappa shape index (κ3) is 4.48. The molecule has 2 aromatic carbocycles. The first-order valence-corrected chi connectivity index (χ1v) is 10.3. The third-order valence-corrected chi connectivity index (χ3v) is 5.49. The summed E-state index contributed by atoms with van der Waals surface area (Å²) in [6, 6.07) is 17.4. The van der Waals surface area contributed by atoms with E-state index in [1.54, 1.807) is 6.07 Å². The third-order valence-electron chi connectivity index (χ3n) is 4.69. The van der Waals surface area contributed by atoms with E-state index in [-0.39, 0.29) is 30.0 Å². The lowest BCUT2D eigenvalue weighted by Gasteiger charge is -2.28. The second kappa shape index (κ2) is 8.48. The van der Waals surface area contributed by atoms with E-state index < -0.39 is 0 Å². The van der Waals surface area contributed by atoms with E-state index in [2.05, 4.69) is 34.6 Å². The SMILES string of the molecule is CC(Cc1nnc(SCC(=O)N2CC(=O)Nc3ccccc32)o1)c1ccccc1. The quantitative estimate of drug-likeness (QED) is 0.628. The van der Waals surface area contributed by atoms with Crippen LogP contribution in [0.4, 0.5) is 11.4 Å². The molecule has 8 heteroatoms. The summed E-state index contributed by atoms with van der Waals surface area (Å²) >= 11 is 1.18. The number of benzene rings is 2. The lowest BCUT2D eigenvalue weighted by atomic mass is 9.98. The van der Waals surface area contributed by atoms with Gasteiger partial charge >= 0.3 is 0 Å². The smallest absolute Gasteiger partial charge is 0.277 e. The fourth-order valence-electron chi connectivity index (χ4n) is 3.20. The molecule has 0 saturated carbocycles. The highest BCUT2D eigenvalue weighted by Crippen LogP contribution is 2.30. The zero-order valence-corrected chi connectivity index (χ0v) is 16.7. The van der Waals surface area contributed by atoms with Crippen molar-refractivity contribution >= 4 is 35.0 Å². The number of aromatic nitrogens is 2. The summed E-state index contributed by atoms with van der Waals surface area (Å²) in [5.41, 5.74) is 2.54. The van der Waals surface area contributed by atoms with Crippen LogP contribution in [0.3, 0.4) is 0 Å². The largest absolute Gasteiger partial charge is 0.416 e. The minimum atomic E-state index is -0.211. The Morgan fingerprint density at radius 1 is 1.17 bits per heavy atom. The first-order chi connectivity index (χ1) is 14.1. The molecule has 0 radical (unpaired) electrons. The number of carbonyl (C=O) groups excluding carboxylic acids is 2. The average Bonchev–Trinajstić information content (AvgIpc) is 3.19. The van der Waals surface area contributed by atoms with Gasteiger partial charge in [0.2, 0.25) is 17.7 Å². The number of carbonyl (C=O) groups is 2. The number of rotatable bonds is 6. The summed E-state index contributed by atoms with van der Waals surface area (Å²) in [6.45, 7) is 2.11. The van der Waals surface area contributed by atoms with Gasteiger partial charge in [0.25, 0.3) is 5.22 Å². The second-order valence-corrected chi connectivity index (χ2v) is 7.74. The van der Waals surface area contributed by atoms with Crippen molar-refractivity contribution in [3.05, 3.63) is 66.1 Å². The molecule has 1 aromatic heterocycles. The van der Waals surface area contributed by atoms with E-state index >= 15 is 0 Å². The fourth-order valence-corrected chi connectivity index (χ4v) is 3.85. The molecule has 4 rings (SSSR count). The first kappa shape index (κ1) is 19.2. The predicted octanol–water partition coefficient (Wildman–Crippen LogP) is 3.49. The van der Waals surface area contributed by atoms with Gasteiger partial charge in [-0.25, -0.2) is 0 Å². The summed E-state index contributed by atoms with van der Waals surface area (Å²) in [4.78, 5) is 26.1. The lowest BCUT2D eigenvalue weighted by molar-refractivity contribution is -0.120. The lowest BCUT2D eigenvalue weighted by Crippen LogP contribution is -2.43. The van der Waals surface area contributed by atoms with Gasteiger partial charge in [0.15, 0.2) is 0 Å². The number of amides is 2. The van der Waals surface area contributed by atoms with Gasteiger partial charge in [-0.3, -0.25) is 9.59 Å². The van der Waals surface area contributed by atoms with Crippen LogP contribution >= 0.6 is 11.8 Å². The average molecular weight is 408 g/mol. The van der Waals surface area contributed by atoms with Crippen molar-refractivity contribution < 1.29 is 14.0 Å². The Balaban J connectivity index is 1.36. The van der Waals surface area contributed by atoms with Crippen molar-refractivity contribution in [3.8, 4) is 0 Å². The van der Waals surface area contributed by atoms with Gasteiger partial charge in [0.1, 0.15) is 6.54 Å². The van der Waals surface area contributed by atoms with Crippen LogP contribution in [0, 0.1) is 0 Å². The standard InChI is InChI=1S/C21H20N4O3S/c1-14(15-7-3-2-4-8-15)11-19-23-24-21(28-19)29-13-20(27)25-12-18(26)22-16-9-5-6-10-17(16)25/h2-10,14H,11-13H2,1H3,(H,22,26). The van der Waals surface area contributed by atoms with Crippen LogP contribution in [0.2, 0.25) is 0 Å². The molecule has 1 unspecified atom stereocenters. The Bertz CT molecular complexity index is 1020. The molecule has 7 nitrogen and oxygen atoms in total. The Hall–Kier alpha value is -3.13. The van der Waals surface area contributed by atoms with Gasteiger partial charge in [-0.15, -0.1) is 10.2 Å². The number of hydrogen-bond donors (Lipinski definition) is 1. The Morgan fingerprint density at radius 2 is 1.93 bits per heavy atom. The van der Waals surface area contributed by atoms with Gasteiger partial charge in [-0.2, -0.15) is 0 Å². The topological polar surface area (TPSA) is 88.3 Å². The van der Waals surface area contributed by atoms with Crippen molar-refractivity contribution in [2.24, 2.45) is 0 Å². The summed E-state index contributed by atoms with van der Waals surface area (Å²) in [5.74, 6) is 0.502. The molecule has 1 N–H and O–H groups in total. The summed E-state index contributed by atoms with van der Waals surface area (Å²) in [5, 5.41) is 11.3. The van der Waals surface area contributed by atoms with Crippen molar-refractivity contribution in [1.29, 1.82) is 0 Å². The minimum Gasteiger partial charge on any atom is -0.416 e. The zero-order valence-electron chi connectivity index (χ0n) is 15.9. The van der Waals surface area contributed by atoms with Crippen molar-refractivity contribution in [2.75, 3.05) is 22.5 Å². The predicted molar refractivity (Wildman–Crippen MR) is 111 cm³/mol. The molecular weight excluding hydrogens is 388 g/mol. The van der Waals surface area contributed by atoms with Crippen molar-refractivity contribution in [2.45, 2.75) is 24.5 Å². The summed E-state index contributed by atoms with van der Waals surface area (Å²) < 4.78 is 5.69. The van der Waals surface area contributed by atoms with Crippen LogP contribution in [-0.4, -0.2) is 34.3 Å². The van der Waals surface area contributed by atoms with Crippen LogP contribution in [0.5, 0.6) is 0 Å². The number of fused-ring (bicyclic) bond motifs is 1. The van der Waals surface area contributed by atoms with Crippen LogP contribution in [-0.2, 0) is 16.0 Å². The van der Waals surface area contributed by atoms with Crippen LogP contribution < -0.4 is 10.2 Å². The normalized spacial score (nSPS) is 14.2. The van der Waals surface area contributed by atoms with Crippen LogP contribution in [0.1, 0.15) is 24.3 Å². The molecule has 0 bridgehead atoms. The van der Waals surface area contributed by atoms with Gasteiger partial charge < -0.3 is 14.6 Å². The van der Waals surface area contributed by atoms with E-state index in [1.165, 1.54) is 22.2 Å². The minimum absolute atomic E-state index is 0.0000797. The number of para-hydroxylation sites is 2. The Labute approximate surface area is 172 Å². The summed E-state index contributed by atoms with van der Waals surface area (Å²) in [7, 11) is 0. The highest BCUT2D eigenvalue weighted by molar-refractivity contribution is 7.99. The molecule has 0 fully saturated rings. The maximum Gasteiger partial charge on any atom is 0.277 e. The van der Waals surface area contributed by atoms with E-state index in [0.717, 1.165) is 0 Å². The number of thioether (sulfide) groups is 1. The number of hydrogen-bond acceptors (Lipinski definition) is 6. The van der Waals surface area contributed by atoms with Crippen molar-refractivity contribution in [1.82, 2.24) is 10.2 Å². The molecule has 0 aliphatic carbocycles. The van der Waals surface area contributed by atoms with E-state index in [0.29, 0.717) is 28.9 Å². The molecule has 3 aromatic rings. The molecule has 1 aliphatic rings. The van der Waals surface area contributed by atoms with Gasteiger partial charge in [-0.1, -0.05) is 61.2 Å². The molecule has 0 saturated heterocycles. The molecule has 1 atom stereocenters. The van der Waals surface area contributed by atoms with Crippen LogP contribution in [0.15, 0.2) is 64.2 Å². The van der Waals surface area contributed by atoms with Gasteiger partial charge in [-0.05, 0) is 23.6 Å². The molecule has 0 spiro atoms. The molecule has 148 valence electrons. The Kier molecular flexibility index (Phi) is 5.62.